The second-order valence-corrected chi connectivity index (χ2v) is 4.41. The molecule has 1 aromatic rings. The highest BCUT2D eigenvalue weighted by molar-refractivity contribution is 5.57. The largest absolute Gasteiger partial charge is 0.399 e. The van der Waals surface area contributed by atoms with Gasteiger partial charge in [0.25, 0.3) is 0 Å². The van der Waals surface area contributed by atoms with Gasteiger partial charge < -0.3 is 15.7 Å². The van der Waals surface area contributed by atoms with Crippen LogP contribution < -0.4 is 10.6 Å². The van der Waals surface area contributed by atoms with Gasteiger partial charge in [-0.15, -0.1) is 0 Å². The fourth-order valence-corrected chi connectivity index (χ4v) is 1.94. The molecule has 3 N–H and O–H groups in total. The van der Waals surface area contributed by atoms with Gasteiger partial charge >= 0.3 is 0 Å². The van der Waals surface area contributed by atoms with Gasteiger partial charge in [0.15, 0.2) is 0 Å². The van der Waals surface area contributed by atoms with Crippen LogP contribution in [-0.2, 0) is 0 Å². The average molecular weight is 210 g/mol. The third-order valence-corrected chi connectivity index (χ3v) is 2.72. The first-order valence-electron chi connectivity index (χ1n) is 5.00. The maximum absolute atomic E-state index is 13.1. The molecule has 0 bridgehead atoms. The SMILES string of the molecule is CC1(O)CCN(c2cc(N)cc(F)c2)C1. The fourth-order valence-electron chi connectivity index (χ4n) is 1.94. The number of rotatable bonds is 1. The minimum Gasteiger partial charge on any atom is -0.399 e. The van der Waals surface area contributed by atoms with E-state index < -0.39 is 5.60 Å². The van der Waals surface area contributed by atoms with E-state index in [4.69, 9.17) is 5.73 Å². The molecule has 1 aliphatic rings. The molecule has 1 heterocycles. The van der Waals surface area contributed by atoms with Crippen LogP contribution in [0, 0.1) is 5.82 Å². The molecular formula is C11H15FN2O. The van der Waals surface area contributed by atoms with E-state index in [-0.39, 0.29) is 5.82 Å². The maximum atomic E-state index is 13.1. The van der Waals surface area contributed by atoms with Gasteiger partial charge in [0, 0.05) is 24.5 Å². The number of nitrogens with two attached hydrogens (primary N) is 1. The van der Waals surface area contributed by atoms with Crippen LogP contribution in [0.5, 0.6) is 0 Å². The molecule has 0 aliphatic carbocycles. The molecule has 2 rings (SSSR count). The van der Waals surface area contributed by atoms with E-state index in [9.17, 15) is 9.50 Å². The van der Waals surface area contributed by atoms with Crippen LogP contribution in [0.2, 0.25) is 0 Å². The Morgan fingerprint density at radius 1 is 1.47 bits per heavy atom. The number of nitrogens with zero attached hydrogens (tertiary/aromatic N) is 1. The first-order chi connectivity index (χ1) is 6.96. The van der Waals surface area contributed by atoms with E-state index in [2.05, 4.69) is 0 Å². The Morgan fingerprint density at radius 3 is 2.73 bits per heavy atom. The van der Waals surface area contributed by atoms with E-state index in [1.807, 2.05) is 4.90 Å². The molecule has 1 fully saturated rings. The second-order valence-electron chi connectivity index (χ2n) is 4.41. The van der Waals surface area contributed by atoms with Crippen molar-refractivity contribution in [2.75, 3.05) is 23.7 Å². The minimum atomic E-state index is -0.679. The number of anilines is 2. The lowest BCUT2D eigenvalue weighted by Gasteiger charge is -2.21. The predicted octanol–water partition coefficient (Wildman–Crippen LogP) is 1.37. The molecule has 15 heavy (non-hydrogen) atoms. The Morgan fingerprint density at radius 2 is 2.20 bits per heavy atom. The zero-order chi connectivity index (χ0) is 11.1. The molecular weight excluding hydrogens is 195 g/mol. The first kappa shape index (κ1) is 10.2. The van der Waals surface area contributed by atoms with Crippen molar-refractivity contribution in [3.8, 4) is 0 Å². The van der Waals surface area contributed by atoms with E-state index in [0.29, 0.717) is 18.7 Å². The van der Waals surface area contributed by atoms with Crippen LogP contribution in [0.25, 0.3) is 0 Å². The summed E-state index contributed by atoms with van der Waals surface area (Å²) in [5.74, 6) is -0.337. The Labute approximate surface area is 88.3 Å². The monoisotopic (exact) mass is 210 g/mol. The summed E-state index contributed by atoms with van der Waals surface area (Å²) in [6.45, 7) is 3.04. The normalized spacial score (nSPS) is 25.9. The van der Waals surface area contributed by atoms with Gasteiger partial charge in [-0.05, 0) is 31.5 Å². The Bertz CT molecular complexity index is 359. The van der Waals surface area contributed by atoms with Crippen molar-refractivity contribution in [2.45, 2.75) is 18.9 Å². The lowest BCUT2D eigenvalue weighted by atomic mass is 10.1. The van der Waals surface area contributed by atoms with Crippen LogP contribution in [-0.4, -0.2) is 23.8 Å². The van der Waals surface area contributed by atoms with Crippen molar-refractivity contribution in [3.63, 3.8) is 0 Å². The van der Waals surface area contributed by atoms with Gasteiger partial charge in [-0.1, -0.05) is 0 Å². The third kappa shape index (κ3) is 2.21. The predicted molar refractivity (Wildman–Crippen MR) is 58.3 cm³/mol. The van der Waals surface area contributed by atoms with Crippen molar-refractivity contribution in [1.82, 2.24) is 0 Å². The Balaban J connectivity index is 2.24. The fraction of sp³-hybridized carbons (Fsp3) is 0.455. The molecule has 1 atom stereocenters. The smallest absolute Gasteiger partial charge is 0.127 e. The number of benzene rings is 1. The topological polar surface area (TPSA) is 49.5 Å². The number of β-amino-alcohol motifs (C(OH)–C–C–N with tert-alkyl or cyclic N) is 1. The molecule has 0 radical (unpaired) electrons. The van der Waals surface area contributed by atoms with E-state index in [1.165, 1.54) is 12.1 Å². The van der Waals surface area contributed by atoms with Crippen molar-refractivity contribution in [3.05, 3.63) is 24.0 Å². The van der Waals surface area contributed by atoms with Crippen LogP contribution >= 0.6 is 0 Å². The van der Waals surface area contributed by atoms with Gasteiger partial charge in [0.05, 0.1) is 5.60 Å². The molecule has 0 spiro atoms. The molecule has 4 heteroatoms. The van der Waals surface area contributed by atoms with E-state index in [1.54, 1.807) is 13.0 Å². The number of halogens is 1. The molecule has 1 aromatic carbocycles. The van der Waals surface area contributed by atoms with E-state index >= 15 is 0 Å². The third-order valence-electron chi connectivity index (χ3n) is 2.72. The summed E-state index contributed by atoms with van der Waals surface area (Å²) in [5, 5.41) is 9.80. The zero-order valence-electron chi connectivity index (χ0n) is 8.70. The van der Waals surface area contributed by atoms with Crippen molar-refractivity contribution in [2.24, 2.45) is 0 Å². The number of hydrogen-bond donors (Lipinski definition) is 2. The number of hydrogen-bond acceptors (Lipinski definition) is 3. The molecule has 0 amide bonds. The van der Waals surface area contributed by atoms with Crippen LogP contribution in [0.3, 0.4) is 0 Å². The average Bonchev–Trinajstić information content (AvgIpc) is 2.44. The zero-order valence-corrected chi connectivity index (χ0v) is 8.70. The van der Waals surface area contributed by atoms with Gasteiger partial charge in [0.1, 0.15) is 5.82 Å². The Hall–Kier alpha value is -1.29. The van der Waals surface area contributed by atoms with Crippen molar-refractivity contribution < 1.29 is 9.50 Å². The molecule has 0 aromatic heterocycles. The molecule has 82 valence electrons. The minimum absolute atomic E-state index is 0.337. The molecule has 1 unspecified atom stereocenters. The van der Waals surface area contributed by atoms with Crippen molar-refractivity contribution in [1.29, 1.82) is 0 Å². The van der Waals surface area contributed by atoms with Crippen LogP contribution in [0.1, 0.15) is 13.3 Å². The van der Waals surface area contributed by atoms with Gasteiger partial charge in [-0.3, -0.25) is 0 Å². The first-order valence-corrected chi connectivity index (χ1v) is 5.00. The number of aliphatic hydroxyl groups is 1. The standard InChI is InChI=1S/C11H15FN2O/c1-11(15)2-3-14(7-11)10-5-8(12)4-9(13)6-10/h4-6,15H,2-3,7,13H2,1H3. The highest BCUT2D eigenvalue weighted by Gasteiger charge is 2.31. The highest BCUT2D eigenvalue weighted by atomic mass is 19.1. The van der Waals surface area contributed by atoms with Gasteiger partial charge in [-0.25, -0.2) is 4.39 Å². The van der Waals surface area contributed by atoms with Gasteiger partial charge in [-0.2, -0.15) is 0 Å². The molecule has 0 saturated carbocycles. The molecule has 1 aliphatic heterocycles. The summed E-state index contributed by atoms with van der Waals surface area (Å²) in [6.07, 6.45) is 0.698. The maximum Gasteiger partial charge on any atom is 0.127 e. The summed E-state index contributed by atoms with van der Waals surface area (Å²) in [6, 6.07) is 4.46. The quantitative estimate of drug-likeness (QED) is 0.688. The van der Waals surface area contributed by atoms with E-state index in [0.717, 1.165) is 12.2 Å². The second kappa shape index (κ2) is 3.38. The summed E-state index contributed by atoms with van der Waals surface area (Å²) < 4.78 is 13.1. The number of nitrogen functional groups attached to an aromatic ring is 1. The van der Waals surface area contributed by atoms with Crippen molar-refractivity contribution >= 4 is 11.4 Å². The Kier molecular flexibility index (Phi) is 2.31. The lowest BCUT2D eigenvalue weighted by Crippen LogP contribution is -2.29. The molecule has 3 nitrogen and oxygen atoms in total. The van der Waals surface area contributed by atoms with Crippen LogP contribution in [0.4, 0.5) is 15.8 Å². The highest BCUT2D eigenvalue weighted by Crippen LogP contribution is 2.28. The summed E-state index contributed by atoms with van der Waals surface area (Å²) in [7, 11) is 0. The molecule has 1 saturated heterocycles. The van der Waals surface area contributed by atoms with Gasteiger partial charge in [0.2, 0.25) is 0 Å². The van der Waals surface area contributed by atoms with Crippen LogP contribution in [0.15, 0.2) is 18.2 Å². The summed E-state index contributed by atoms with van der Waals surface area (Å²) >= 11 is 0. The summed E-state index contributed by atoms with van der Waals surface area (Å²) in [4.78, 5) is 1.94. The summed E-state index contributed by atoms with van der Waals surface area (Å²) in [5.41, 5.74) is 6.04. The lowest BCUT2D eigenvalue weighted by molar-refractivity contribution is 0.0839.